The van der Waals surface area contributed by atoms with Gasteiger partial charge in [-0.05, 0) is 90.1 Å². The number of benzene rings is 4. The van der Waals surface area contributed by atoms with Gasteiger partial charge >= 0.3 is 5.97 Å². The molecule has 2 bridgehead atoms. The van der Waals surface area contributed by atoms with Crippen molar-refractivity contribution in [2.24, 2.45) is 11.7 Å². The highest BCUT2D eigenvalue weighted by molar-refractivity contribution is 6.30. The highest BCUT2D eigenvalue weighted by atomic mass is 35.5. The molecule has 32 nitrogen and oxygen atoms in total. The molecule has 0 radical (unpaired) electrons. The molecule has 18 N–H and O–H groups in total. The topological polar surface area (TPSA) is 484 Å². The third kappa shape index (κ3) is 22.2. The number of rotatable bonds is 14. The van der Waals surface area contributed by atoms with Crippen molar-refractivity contribution in [1.29, 1.82) is 5.41 Å². The molecule has 0 aliphatic carbocycles. The first-order chi connectivity index (χ1) is 48.7. The van der Waals surface area contributed by atoms with Gasteiger partial charge in [0.2, 0.25) is 76.8 Å². The number of H-pyrrole nitrogens is 1. The Morgan fingerprint density at radius 1 is 0.627 bits per heavy atom. The lowest BCUT2D eigenvalue weighted by molar-refractivity contribution is -0.145. The van der Waals surface area contributed by atoms with Gasteiger partial charge in [0.05, 0.1) is 19.4 Å². The molecule has 3 saturated heterocycles. The number of guanidine groups is 1. The summed E-state index contributed by atoms with van der Waals surface area (Å²) in [4.78, 5) is 206. The summed E-state index contributed by atoms with van der Waals surface area (Å²) >= 11 is 6.22. The van der Waals surface area contributed by atoms with E-state index in [1.54, 1.807) is 80.7 Å². The highest BCUT2D eigenvalue weighted by Crippen LogP contribution is 2.24. The quantitative estimate of drug-likeness (QED) is 0.0335. The molecule has 4 aromatic carbocycles. The van der Waals surface area contributed by atoms with Gasteiger partial charge in [-0.3, -0.25) is 67.7 Å². The number of carboxylic acid groups (broad SMARTS) is 1. The van der Waals surface area contributed by atoms with Gasteiger partial charge in [-0.1, -0.05) is 98.2 Å². The standard InChI is InChI=1S/C69H86ClN17O15/c1-36(2)26-48-60(93)80-47(14-8-23-74-69(71)72)67(100)87-25-9-15-55(87)66(99)86-54(68(101)102)34-76-56(89)32-53-65(98)79-46(59(92)82-50(62(95)81-48)29-39-16-19-40-10-4-5-11-41(40)27-39)22-24-73-58(91)35-77-57(90)31-52(78-37(3)88)64(97)83-49(28-38-17-20-43(70)21-18-38)61(94)84-51(63(96)85-53)30-42-33-75-45-13-7-6-12-44(42)45/h4-7,10-13,16-21,27,33,36,46-55,75H,8-9,14-15,22-26,28-32,34-35H2,1-3H3,(H,73,91)(H,76,89)(H,77,90)(H,78,88)(H,79,98)(H,80,93)(H,81,95)(H,82,92)(H,83,97)(H,84,94)(H,85,96)(H,86,99)(H,101,102)(H4,71,72,74)/t46-,47-,48-,49+,50+,51+,52-,53-,54-,55-/m0/s1. The summed E-state index contributed by atoms with van der Waals surface area (Å²) in [6.07, 6.45) is -1.35. The Labute approximate surface area is 591 Å². The molecule has 10 atom stereocenters. The van der Waals surface area contributed by atoms with Crippen molar-refractivity contribution in [3.63, 3.8) is 0 Å². The number of halogens is 1. The summed E-state index contributed by atoms with van der Waals surface area (Å²) in [5.74, 6) is -15.0. The first-order valence-corrected chi connectivity index (χ1v) is 33.9. The third-order valence-electron chi connectivity index (χ3n) is 17.4. The van der Waals surface area contributed by atoms with Crippen molar-refractivity contribution < 1.29 is 72.2 Å². The molecule has 8 rings (SSSR count). The van der Waals surface area contributed by atoms with E-state index in [1.807, 2.05) is 18.2 Å². The minimum atomic E-state index is -2.06. The highest BCUT2D eigenvalue weighted by Gasteiger charge is 2.42. The first kappa shape index (κ1) is 76.6. The van der Waals surface area contributed by atoms with Crippen molar-refractivity contribution in [2.45, 2.75) is 152 Å². The molecule has 5 aromatic rings. The molecule has 3 aliphatic heterocycles. The van der Waals surface area contributed by atoms with Crippen LogP contribution in [0.3, 0.4) is 0 Å². The number of nitrogens with zero attached hydrogens (tertiary/aromatic N) is 1. The number of carbonyl (C=O) groups excluding carboxylic acids is 13. The molecule has 1 aromatic heterocycles. The van der Waals surface area contributed by atoms with Crippen molar-refractivity contribution in [2.75, 3.05) is 32.7 Å². The van der Waals surface area contributed by atoms with Crippen molar-refractivity contribution >= 4 is 122 Å². The van der Waals surface area contributed by atoms with Crippen LogP contribution in [-0.4, -0.2) is 197 Å². The van der Waals surface area contributed by atoms with Gasteiger partial charge in [0, 0.05) is 74.5 Å². The van der Waals surface area contributed by atoms with Crippen LogP contribution in [0, 0.1) is 11.3 Å². The summed E-state index contributed by atoms with van der Waals surface area (Å²) in [5.41, 5.74) is 7.52. The van der Waals surface area contributed by atoms with Gasteiger partial charge in [0.1, 0.15) is 60.4 Å². The van der Waals surface area contributed by atoms with Crippen LogP contribution in [-0.2, 0) is 86.4 Å². The molecule has 13 amide bonds. The van der Waals surface area contributed by atoms with E-state index in [9.17, 15) is 48.3 Å². The number of fused-ring (bicyclic) bond motifs is 6. The van der Waals surface area contributed by atoms with Crippen LogP contribution in [0.2, 0.25) is 5.02 Å². The maximum Gasteiger partial charge on any atom is 0.328 e. The number of aromatic amines is 1. The molecule has 0 spiro atoms. The number of amides is 13. The second kappa shape index (κ2) is 36.2. The minimum absolute atomic E-state index is 0.0141. The number of hydrogen-bond donors (Lipinski definition) is 17. The van der Waals surface area contributed by atoms with Crippen LogP contribution in [0.5, 0.6) is 0 Å². The van der Waals surface area contributed by atoms with E-state index >= 15 is 24.0 Å². The Hall–Kier alpha value is -11.2. The summed E-state index contributed by atoms with van der Waals surface area (Å²) in [6, 6.07) is 9.21. The lowest BCUT2D eigenvalue weighted by Gasteiger charge is -2.31. The van der Waals surface area contributed by atoms with Crippen LogP contribution in [0.1, 0.15) is 88.8 Å². The average Bonchev–Trinajstić information content (AvgIpc) is 1.54. The fourth-order valence-electron chi connectivity index (χ4n) is 12.2. The van der Waals surface area contributed by atoms with Gasteiger partial charge in [-0.15, -0.1) is 0 Å². The number of carboxylic acids is 1. The summed E-state index contributed by atoms with van der Waals surface area (Å²) in [7, 11) is 0. The molecule has 33 heteroatoms. The fraction of sp³-hybridized carbons (Fsp3) is 0.435. The molecule has 102 heavy (non-hydrogen) atoms. The van der Waals surface area contributed by atoms with E-state index in [2.05, 4.69) is 74.1 Å². The average molecular weight is 1430 g/mol. The van der Waals surface area contributed by atoms with Crippen LogP contribution in [0.25, 0.3) is 21.7 Å². The van der Waals surface area contributed by atoms with Crippen molar-refractivity contribution in [3.05, 3.63) is 119 Å². The molecule has 544 valence electrons. The maximum atomic E-state index is 15.4. The van der Waals surface area contributed by atoms with Crippen molar-refractivity contribution in [3.8, 4) is 0 Å². The number of nitrogens with one attached hydrogen (secondary N) is 15. The molecule has 3 aliphatic rings. The zero-order valence-corrected chi connectivity index (χ0v) is 57.2. The third-order valence-corrected chi connectivity index (χ3v) is 17.7. The number of aromatic nitrogens is 1. The Kier molecular flexibility index (Phi) is 27.2. The maximum absolute atomic E-state index is 15.4. The predicted molar refractivity (Wildman–Crippen MR) is 372 cm³/mol. The van der Waals surface area contributed by atoms with E-state index < -0.39 is 182 Å². The molecular weight excluding hydrogens is 1340 g/mol. The van der Waals surface area contributed by atoms with Crippen LogP contribution < -0.4 is 74.9 Å². The smallest absolute Gasteiger partial charge is 0.328 e. The second-order valence-corrected chi connectivity index (χ2v) is 26.2. The van der Waals surface area contributed by atoms with Gasteiger partial charge in [-0.25, -0.2) is 4.79 Å². The van der Waals surface area contributed by atoms with E-state index in [4.69, 9.17) is 22.7 Å². The number of hydrogen-bond acceptors (Lipinski definition) is 15. The van der Waals surface area contributed by atoms with Crippen molar-refractivity contribution in [1.82, 2.24) is 79.0 Å². The summed E-state index contributed by atoms with van der Waals surface area (Å²) < 4.78 is 0. The normalized spacial score (nSPS) is 24.0. The number of aliphatic carboxylic acids is 1. The number of nitrogens with two attached hydrogens (primary N) is 1. The summed E-state index contributed by atoms with van der Waals surface area (Å²) in [5, 5.41) is 54.0. The van der Waals surface area contributed by atoms with E-state index in [1.165, 1.54) is 17.0 Å². The van der Waals surface area contributed by atoms with Crippen LogP contribution in [0.4, 0.5) is 0 Å². The lowest BCUT2D eigenvalue weighted by atomic mass is 9.98. The molecule has 3 fully saturated rings. The largest absolute Gasteiger partial charge is 0.480 e. The Morgan fingerprint density at radius 2 is 1.23 bits per heavy atom. The minimum Gasteiger partial charge on any atom is -0.480 e. The Bertz CT molecular complexity index is 3980. The van der Waals surface area contributed by atoms with Gasteiger partial charge in [0.25, 0.3) is 0 Å². The lowest BCUT2D eigenvalue weighted by Crippen LogP contribution is -2.61. The van der Waals surface area contributed by atoms with Gasteiger partial charge < -0.3 is 89.8 Å². The van der Waals surface area contributed by atoms with Crippen LogP contribution in [0.15, 0.2) is 97.2 Å². The SMILES string of the molecule is CC(=O)N[C@H]1CC(=O)NCC(=O)NCC[C@@H]2NC(=O)[C@H](CC(=O)NC[C@@H](C(=O)O)NC(=O)[C@@H]3CCCN3C(=O)[C@H](CCCNC(=N)N)NC(=O)[C@H](CC(C)C)NC(=O)[C@@H](Cc3ccc4ccccc4c3)NC2=O)NC(=O)[C@@H](Cc2c[nH]c3ccccc23)NC(=O)[C@@H](Cc2ccc(Cl)cc2)NC1=O. The second-order valence-electron chi connectivity index (χ2n) is 25.8. The summed E-state index contributed by atoms with van der Waals surface area (Å²) in [6.45, 7) is 2.62. The van der Waals surface area contributed by atoms with E-state index in [0.717, 1.165) is 17.7 Å². The molecule has 0 unspecified atom stereocenters. The van der Waals surface area contributed by atoms with Crippen LogP contribution >= 0.6 is 11.6 Å². The molecular formula is C69H86ClN17O15. The first-order valence-electron chi connectivity index (χ1n) is 33.6. The zero-order chi connectivity index (χ0) is 73.7. The molecule has 0 saturated carbocycles. The predicted octanol–water partition coefficient (Wildman–Crippen LogP) is -1.68. The van der Waals surface area contributed by atoms with E-state index in [-0.39, 0.29) is 76.3 Å². The van der Waals surface area contributed by atoms with E-state index in [0.29, 0.717) is 32.6 Å². The number of carbonyl (C=O) groups is 14. The Balaban J connectivity index is 1.23. The van der Waals surface area contributed by atoms with Gasteiger partial charge in [-0.2, -0.15) is 0 Å². The molecule has 4 heterocycles. The Morgan fingerprint density at radius 3 is 1.93 bits per heavy atom. The van der Waals surface area contributed by atoms with Gasteiger partial charge in [0.15, 0.2) is 5.96 Å². The zero-order valence-electron chi connectivity index (χ0n) is 56.5. The number of para-hydroxylation sites is 1. The fourth-order valence-corrected chi connectivity index (χ4v) is 12.4. The monoisotopic (exact) mass is 1430 g/mol.